The van der Waals surface area contributed by atoms with Crippen molar-refractivity contribution < 1.29 is 0 Å². The van der Waals surface area contributed by atoms with Gasteiger partial charge in [-0.05, 0) is 30.9 Å². The van der Waals surface area contributed by atoms with Crippen LogP contribution in [0, 0.1) is 0 Å². The van der Waals surface area contributed by atoms with E-state index in [4.69, 9.17) is 0 Å². The van der Waals surface area contributed by atoms with Crippen molar-refractivity contribution >= 4 is 0 Å². The molecule has 0 atom stereocenters. The highest BCUT2D eigenvalue weighted by Crippen LogP contribution is 2.13. The van der Waals surface area contributed by atoms with E-state index in [2.05, 4.69) is 26.3 Å². The molecule has 0 spiro atoms. The molecule has 0 aromatic carbocycles. The molecule has 0 aromatic heterocycles. The fourth-order valence-corrected chi connectivity index (χ4v) is 0.798. The van der Waals surface area contributed by atoms with Crippen LogP contribution in [0.2, 0.25) is 0 Å². The zero-order chi connectivity index (χ0) is 10.3. The number of hydrogen-bond acceptors (Lipinski definition) is 0. The summed E-state index contributed by atoms with van der Waals surface area (Å²) in [5.74, 6) is 0. The van der Waals surface area contributed by atoms with E-state index < -0.39 is 0 Å². The Labute approximate surface area is 81.7 Å². The fraction of sp³-hybridized carbons (Fsp3) is 0.231. The summed E-state index contributed by atoms with van der Waals surface area (Å²) in [6.07, 6.45) is 7.68. The maximum Gasteiger partial charge on any atom is -0.0244 e. The second-order valence-electron chi connectivity index (χ2n) is 3.14. The van der Waals surface area contributed by atoms with Gasteiger partial charge in [0, 0.05) is 0 Å². The molecule has 70 valence electrons. The lowest BCUT2D eigenvalue weighted by molar-refractivity contribution is 1.00. The van der Waals surface area contributed by atoms with E-state index in [-0.39, 0.29) is 0 Å². The maximum atomic E-state index is 3.94. The Morgan fingerprint density at radius 1 is 1.15 bits per heavy atom. The second kappa shape index (κ2) is 6.24. The summed E-state index contributed by atoms with van der Waals surface area (Å²) < 4.78 is 0. The molecular weight excluding hydrogens is 156 g/mol. The lowest BCUT2D eigenvalue weighted by Crippen LogP contribution is -1.82. The van der Waals surface area contributed by atoms with Crippen molar-refractivity contribution in [2.24, 2.45) is 0 Å². The Bertz CT molecular complexity index is 251. The molecule has 0 N–H and O–H groups in total. The quantitative estimate of drug-likeness (QED) is 0.418. The SMILES string of the molecule is C=CCCC(=C)C(=C)/C=C\C(=C)C. The van der Waals surface area contributed by atoms with Crippen molar-refractivity contribution in [1.29, 1.82) is 0 Å². The summed E-state index contributed by atoms with van der Waals surface area (Å²) in [6, 6.07) is 0. The van der Waals surface area contributed by atoms with Gasteiger partial charge in [0.2, 0.25) is 0 Å². The topological polar surface area (TPSA) is 0 Å². The van der Waals surface area contributed by atoms with Gasteiger partial charge < -0.3 is 0 Å². The van der Waals surface area contributed by atoms with Crippen LogP contribution in [0.4, 0.5) is 0 Å². The molecule has 0 aliphatic heterocycles. The summed E-state index contributed by atoms with van der Waals surface area (Å²) in [5.41, 5.74) is 3.07. The fourth-order valence-electron chi connectivity index (χ4n) is 0.798. The molecule has 0 unspecified atom stereocenters. The predicted molar refractivity (Wildman–Crippen MR) is 61.7 cm³/mol. The van der Waals surface area contributed by atoms with Crippen molar-refractivity contribution in [3.05, 3.63) is 61.3 Å². The van der Waals surface area contributed by atoms with Gasteiger partial charge in [-0.25, -0.2) is 0 Å². The van der Waals surface area contributed by atoms with E-state index in [1.165, 1.54) is 0 Å². The van der Waals surface area contributed by atoms with E-state index in [1.807, 2.05) is 25.2 Å². The summed E-state index contributed by atoms with van der Waals surface area (Å²) in [5, 5.41) is 0. The maximum absolute atomic E-state index is 3.94. The third kappa shape index (κ3) is 5.92. The van der Waals surface area contributed by atoms with Gasteiger partial charge in [-0.15, -0.1) is 6.58 Å². The summed E-state index contributed by atoms with van der Waals surface area (Å²) in [6.45, 7) is 17.3. The average Bonchev–Trinajstić information content (AvgIpc) is 2.10. The summed E-state index contributed by atoms with van der Waals surface area (Å²) in [7, 11) is 0. The number of hydrogen-bond donors (Lipinski definition) is 0. The van der Waals surface area contributed by atoms with Gasteiger partial charge >= 0.3 is 0 Å². The van der Waals surface area contributed by atoms with Crippen molar-refractivity contribution in [3.8, 4) is 0 Å². The molecule has 13 heavy (non-hydrogen) atoms. The zero-order valence-electron chi connectivity index (χ0n) is 8.47. The van der Waals surface area contributed by atoms with Crippen LogP contribution in [0.25, 0.3) is 0 Å². The van der Waals surface area contributed by atoms with Crippen molar-refractivity contribution in [2.45, 2.75) is 19.8 Å². The third-order valence-electron chi connectivity index (χ3n) is 1.67. The van der Waals surface area contributed by atoms with Gasteiger partial charge in [0.15, 0.2) is 0 Å². The predicted octanol–water partition coefficient (Wildman–Crippen LogP) is 4.20. The minimum Gasteiger partial charge on any atom is -0.103 e. The highest BCUT2D eigenvalue weighted by molar-refractivity contribution is 5.37. The van der Waals surface area contributed by atoms with E-state index in [9.17, 15) is 0 Å². The highest BCUT2D eigenvalue weighted by Gasteiger charge is 1.94. The van der Waals surface area contributed by atoms with Crippen LogP contribution in [-0.4, -0.2) is 0 Å². The average molecular weight is 174 g/mol. The Morgan fingerprint density at radius 3 is 2.23 bits per heavy atom. The molecule has 0 amide bonds. The summed E-state index contributed by atoms with van der Waals surface area (Å²) in [4.78, 5) is 0. The molecule has 0 fully saturated rings. The molecule has 0 aliphatic carbocycles. The first kappa shape index (κ1) is 11.7. The Morgan fingerprint density at radius 2 is 1.77 bits per heavy atom. The molecular formula is C13H18. The van der Waals surface area contributed by atoms with Crippen molar-refractivity contribution in [2.75, 3.05) is 0 Å². The smallest absolute Gasteiger partial charge is 0.0244 e. The zero-order valence-corrected chi connectivity index (χ0v) is 8.47. The molecule has 0 saturated heterocycles. The van der Waals surface area contributed by atoms with Crippen LogP contribution in [-0.2, 0) is 0 Å². The van der Waals surface area contributed by atoms with E-state index >= 15 is 0 Å². The first-order valence-electron chi connectivity index (χ1n) is 4.39. The van der Waals surface area contributed by atoms with Crippen LogP contribution in [0.5, 0.6) is 0 Å². The molecule has 0 rings (SSSR count). The van der Waals surface area contributed by atoms with Crippen LogP contribution < -0.4 is 0 Å². The minimum absolute atomic E-state index is 0.933. The lowest BCUT2D eigenvalue weighted by Gasteiger charge is -2.02. The van der Waals surface area contributed by atoms with E-state index in [0.717, 1.165) is 29.6 Å². The van der Waals surface area contributed by atoms with Gasteiger partial charge in [-0.3, -0.25) is 0 Å². The number of allylic oxidation sites excluding steroid dienone is 6. The highest BCUT2D eigenvalue weighted by atomic mass is 14.0. The van der Waals surface area contributed by atoms with Gasteiger partial charge in [0.05, 0.1) is 0 Å². The van der Waals surface area contributed by atoms with Crippen LogP contribution in [0.15, 0.2) is 61.3 Å². The van der Waals surface area contributed by atoms with Gasteiger partial charge in [-0.1, -0.05) is 43.5 Å². The lowest BCUT2D eigenvalue weighted by atomic mass is 10.0. The molecule has 0 nitrogen and oxygen atoms in total. The molecule has 0 bridgehead atoms. The molecule has 0 heteroatoms. The van der Waals surface area contributed by atoms with E-state index in [1.54, 1.807) is 0 Å². The Hall–Kier alpha value is -1.30. The third-order valence-corrected chi connectivity index (χ3v) is 1.67. The van der Waals surface area contributed by atoms with Crippen LogP contribution >= 0.6 is 0 Å². The number of rotatable bonds is 6. The van der Waals surface area contributed by atoms with Crippen LogP contribution in [0.1, 0.15) is 19.8 Å². The Kier molecular flexibility index (Phi) is 5.62. The van der Waals surface area contributed by atoms with Crippen LogP contribution in [0.3, 0.4) is 0 Å². The summed E-state index contributed by atoms with van der Waals surface area (Å²) >= 11 is 0. The minimum atomic E-state index is 0.933. The van der Waals surface area contributed by atoms with E-state index in [0.29, 0.717) is 0 Å². The molecule has 0 radical (unpaired) electrons. The van der Waals surface area contributed by atoms with Crippen molar-refractivity contribution in [3.63, 3.8) is 0 Å². The van der Waals surface area contributed by atoms with Crippen molar-refractivity contribution in [1.82, 2.24) is 0 Å². The van der Waals surface area contributed by atoms with Gasteiger partial charge in [0.1, 0.15) is 0 Å². The molecule has 0 aliphatic rings. The standard InChI is InChI=1S/C13H18/c1-6-7-8-12(4)13(5)10-9-11(2)3/h6,9-10H,1-2,4-5,7-8H2,3H3/b10-9-. The molecule has 0 heterocycles. The monoisotopic (exact) mass is 174 g/mol. The van der Waals surface area contributed by atoms with Gasteiger partial charge in [-0.2, -0.15) is 0 Å². The largest absolute Gasteiger partial charge is 0.103 e. The normalized spacial score (nSPS) is 9.92. The van der Waals surface area contributed by atoms with Gasteiger partial charge in [0.25, 0.3) is 0 Å². The second-order valence-corrected chi connectivity index (χ2v) is 3.14. The first-order chi connectivity index (χ1) is 6.07. The molecule has 0 saturated carbocycles. The molecule has 0 aromatic rings. The first-order valence-corrected chi connectivity index (χ1v) is 4.39. The Balaban J connectivity index is 4.03.